The minimum absolute atomic E-state index is 0.0630. The summed E-state index contributed by atoms with van der Waals surface area (Å²) in [6, 6.07) is 4.96. The number of carboxylic acids is 1. The topological polar surface area (TPSA) is 57.5 Å². The zero-order chi connectivity index (χ0) is 19.7. The highest BCUT2D eigenvalue weighted by atomic mass is 16.4. The van der Waals surface area contributed by atoms with Crippen molar-refractivity contribution >= 4 is 5.97 Å². The molecule has 0 saturated heterocycles. The normalized spacial score (nSPS) is 11.3. The summed E-state index contributed by atoms with van der Waals surface area (Å²) in [6.07, 6.45) is 21.7. The average molecular weight is 375 g/mol. The van der Waals surface area contributed by atoms with Crippen LogP contribution in [0.2, 0.25) is 0 Å². The molecule has 0 radical (unpaired) electrons. The molecule has 2 N–H and O–H groups in total. The molecule has 0 amide bonds. The van der Waals surface area contributed by atoms with E-state index in [-0.39, 0.29) is 11.3 Å². The van der Waals surface area contributed by atoms with Gasteiger partial charge in [-0.25, -0.2) is 4.79 Å². The summed E-state index contributed by atoms with van der Waals surface area (Å²) in [7, 11) is 0. The Morgan fingerprint density at radius 1 is 0.852 bits per heavy atom. The molecule has 152 valence electrons. The lowest BCUT2D eigenvalue weighted by atomic mass is 9.99. The van der Waals surface area contributed by atoms with Gasteiger partial charge < -0.3 is 10.2 Å². The largest absolute Gasteiger partial charge is 0.507 e. The van der Waals surface area contributed by atoms with Gasteiger partial charge in [-0.05, 0) is 50.2 Å². The maximum atomic E-state index is 11.2. The standard InChI is InChI=1S/C24H38O3/c1-2-3-4-5-6-7-8-9-10-11-12-13-14-15-16-18-21-19-17-20-22(25)23(21)24(26)27/h9-10,17,19-20,25H,2-8,11-16,18H2,1H3,(H,26,27)/b10-9-. The number of aryl methyl sites for hydroxylation is 1. The predicted octanol–water partition coefficient (Wildman–Crippen LogP) is 7.28. The summed E-state index contributed by atoms with van der Waals surface area (Å²) in [4.78, 5) is 11.2. The fourth-order valence-corrected chi connectivity index (χ4v) is 3.43. The number of phenols is 1. The van der Waals surface area contributed by atoms with Gasteiger partial charge in [-0.15, -0.1) is 0 Å². The number of carbonyl (C=O) groups is 1. The minimum Gasteiger partial charge on any atom is -0.507 e. The third kappa shape index (κ3) is 10.8. The summed E-state index contributed by atoms with van der Waals surface area (Å²) in [6.45, 7) is 2.26. The molecule has 0 saturated carbocycles. The lowest BCUT2D eigenvalue weighted by Gasteiger charge is -2.07. The molecule has 0 fully saturated rings. The predicted molar refractivity (Wildman–Crippen MR) is 114 cm³/mol. The molecular weight excluding hydrogens is 336 g/mol. The van der Waals surface area contributed by atoms with Crippen LogP contribution in [0, 0.1) is 0 Å². The zero-order valence-electron chi connectivity index (χ0n) is 17.1. The Labute approximate surface area is 165 Å². The van der Waals surface area contributed by atoms with Gasteiger partial charge in [-0.2, -0.15) is 0 Å². The van der Waals surface area contributed by atoms with Crippen molar-refractivity contribution in [3.05, 3.63) is 41.5 Å². The van der Waals surface area contributed by atoms with Gasteiger partial charge >= 0.3 is 5.97 Å². The Morgan fingerprint density at radius 2 is 1.41 bits per heavy atom. The summed E-state index contributed by atoms with van der Waals surface area (Å²) in [5.41, 5.74) is 0.799. The Bertz CT molecular complexity index is 549. The Kier molecular flexibility index (Phi) is 13.2. The van der Waals surface area contributed by atoms with Crippen LogP contribution in [0.5, 0.6) is 5.75 Å². The van der Waals surface area contributed by atoms with Crippen molar-refractivity contribution in [3.8, 4) is 5.75 Å². The van der Waals surface area contributed by atoms with Crippen molar-refractivity contribution in [2.45, 2.75) is 96.8 Å². The molecule has 0 aliphatic rings. The number of benzene rings is 1. The molecule has 0 heterocycles. The van der Waals surface area contributed by atoms with E-state index in [2.05, 4.69) is 19.1 Å². The van der Waals surface area contributed by atoms with Crippen molar-refractivity contribution in [2.75, 3.05) is 0 Å². The fourth-order valence-electron chi connectivity index (χ4n) is 3.43. The highest BCUT2D eigenvalue weighted by molar-refractivity contribution is 5.92. The summed E-state index contributed by atoms with van der Waals surface area (Å²) < 4.78 is 0. The first-order valence-corrected chi connectivity index (χ1v) is 10.9. The lowest BCUT2D eigenvalue weighted by molar-refractivity contribution is 0.0692. The van der Waals surface area contributed by atoms with Crippen molar-refractivity contribution in [2.24, 2.45) is 0 Å². The summed E-state index contributed by atoms with van der Waals surface area (Å²) in [5, 5.41) is 18.9. The molecule has 0 unspecified atom stereocenters. The molecule has 0 aliphatic carbocycles. The van der Waals surface area contributed by atoms with E-state index in [1.807, 2.05) is 0 Å². The van der Waals surface area contributed by atoms with E-state index >= 15 is 0 Å². The van der Waals surface area contributed by atoms with E-state index in [0.29, 0.717) is 6.42 Å². The number of unbranched alkanes of at least 4 members (excludes halogenated alkanes) is 11. The van der Waals surface area contributed by atoms with Crippen LogP contribution < -0.4 is 0 Å². The van der Waals surface area contributed by atoms with Crippen LogP contribution in [0.1, 0.15) is 106 Å². The quantitative estimate of drug-likeness (QED) is 0.236. The second-order valence-electron chi connectivity index (χ2n) is 7.45. The first kappa shape index (κ1) is 23.3. The van der Waals surface area contributed by atoms with E-state index < -0.39 is 5.97 Å². The molecule has 3 nitrogen and oxygen atoms in total. The van der Waals surface area contributed by atoms with E-state index in [4.69, 9.17) is 0 Å². The molecule has 0 aliphatic heterocycles. The Morgan fingerprint density at radius 3 is 2.00 bits per heavy atom. The maximum absolute atomic E-state index is 11.2. The molecule has 1 rings (SSSR count). The number of hydrogen-bond donors (Lipinski definition) is 2. The second-order valence-corrected chi connectivity index (χ2v) is 7.45. The van der Waals surface area contributed by atoms with Gasteiger partial charge in [0.1, 0.15) is 11.3 Å². The third-order valence-electron chi connectivity index (χ3n) is 5.05. The SMILES string of the molecule is CCCCCCCC/C=C\CCCCCCCc1cccc(O)c1C(=O)O. The van der Waals surface area contributed by atoms with Crippen LogP contribution >= 0.6 is 0 Å². The van der Waals surface area contributed by atoms with E-state index in [1.54, 1.807) is 12.1 Å². The van der Waals surface area contributed by atoms with Crippen molar-refractivity contribution in [1.29, 1.82) is 0 Å². The number of aromatic hydroxyl groups is 1. The smallest absolute Gasteiger partial charge is 0.339 e. The molecule has 0 aromatic heterocycles. The summed E-state index contributed by atoms with van der Waals surface area (Å²) in [5.74, 6) is -1.18. The highest BCUT2D eigenvalue weighted by Gasteiger charge is 2.14. The van der Waals surface area contributed by atoms with Crippen molar-refractivity contribution in [3.63, 3.8) is 0 Å². The average Bonchev–Trinajstić information content (AvgIpc) is 2.64. The molecule has 1 aromatic carbocycles. The monoisotopic (exact) mass is 374 g/mol. The first-order valence-electron chi connectivity index (χ1n) is 10.9. The van der Waals surface area contributed by atoms with Gasteiger partial charge in [0.25, 0.3) is 0 Å². The number of aromatic carboxylic acids is 1. The first-order chi connectivity index (χ1) is 13.2. The Balaban J connectivity index is 2.00. The molecule has 1 aromatic rings. The van der Waals surface area contributed by atoms with Crippen LogP contribution in [-0.2, 0) is 6.42 Å². The minimum atomic E-state index is -1.05. The maximum Gasteiger partial charge on any atom is 0.339 e. The van der Waals surface area contributed by atoms with Crippen LogP contribution in [0.4, 0.5) is 0 Å². The molecule has 0 spiro atoms. The number of hydrogen-bond acceptors (Lipinski definition) is 2. The molecule has 0 bridgehead atoms. The van der Waals surface area contributed by atoms with Crippen LogP contribution in [0.25, 0.3) is 0 Å². The third-order valence-corrected chi connectivity index (χ3v) is 5.05. The van der Waals surface area contributed by atoms with E-state index in [9.17, 15) is 15.0 Å². The zero-order valence-corrected chi connectivity index (χ0v) is 17.1. The van der Waals surface area contributed by atoms with Crippen molar-refractivity contribution < 1.29 is 15.0 Å². The van der Waals surface area contributed by atoms with Crippen LogP contribution in [-0.4, -0.2) is 16.2 Å². The van der Waals surface area contributed by atoms with E-state index in [1.165, 1.54) is 76.7 Å². The van der Waals surface area contributed by atoms with Gasteiger partial charge in [0, 0.05) is 0 Å². The lowest BCUT2D eigenvalue weighted by Crippen LogP contribution is -2.03. The molecular formula is C24H38O3. The molecule has 27 heavy (non-hydrogen) atoms. The second kappa shape index (κ2) is 15.3. The van der Waals surface area contributed by atoms with Gasteiger partial charge in [0.2, 0.25) is 0 Å². The Hall–Kier alpha value is -1.77. The summed E-state index contributed by atoms with van der Waals surface area (Å²) >= 11 is 0. The number of rotatable bonds is 16. The van der Waals surface area contributed by atoms with Crippen LogP contribution in [0.15, 0.2) is 30.4 Å². The number of allylic oxidation sites excluding steroid dienone is 2. The van der Waals surface area contributed by atoms with Gasteiger partial charge in [0.05, 0.1) is 0 Å². The highest BCUT2D eigenvalue weighted by Crippen LogP contribution is 2.23. The van der Waals surface area contributed by atoms with Crippen molar-refractivity contribution in [1.82, 2.24) is 0 Å². The molecule has 3 heteroatoms. The van der Waals surface area contributed by atoms with Gasteiger partial charge in [-0.1, -0.05) is 82.6 Å². The van der Waals surface area contributed by atoms with Gasteiger partial charge in [-0.3, -0.25) is 0 Å². The fraction of sp³-hybridized carbons (Fsp3) is 0.625. The van der Waals surface area contributed by atoms with Gasteiger partial charge in [0.15, 0.2) is 0 Å². The van der Waals surface area contributed by atoms with Crippen LogP contribution in [0.3, 0.4) is 0 Å². The molecule has 0 atom stereocenters. The number of carboxylic acid groups (broad SMARTS) is 1. The van der Waals surface area contributed by atoms with E-state index in [0.717, 1.165) is 18.4 Å².